The summed E-state index contributed by atoms with van der Waals surface area (Å²) < 4.78 is 0. The van der Waals surface area contributed by atoms with E-state index in [0.29, 0.717) is 0 Å². The third kappa shape index (κ3) is 2.81. The molecular formula is C7H10NZn-. The van der Waals surface area contributed by atoms with Crippen molar-refractivity contribution < 1.29 is 19.5 Å². The quantitative estimate of drug-likeness (QED) is 0.465. The van der Waals surface area contributed by atoms with Crippen LogP contribution in [0.2, 0.25) is 0 Å². The van der Waals surface area contributed by atoms with Crippen LogP contribution in [0.3, 0.4) is 0 Å². The van der Waals surface area contributed by atoms with Crippen molar-refractivity contribution in [2.45, 2.75) is 12.8 Å². The van der Waals surface area contributed by atoms with Crippen LogP contribution < -0.4 is 5.32 Å². The topological polar surface area (TPSA) is 12.0 Å². The molecule has 0 bridgehead atoms. The molecule has 1 N–H and O–H groups in total. The van der Waals surface area contributed by atoms with Gasteiger partial charge in [-0.3, -0.25) is 6.08 Å². The summed E-state index contributed by atoms with van der Waals surface area (Å²) in [4.78, 5) is 0. The zero-order valence-corrected chi connectivity index (χ0v) is 8.74. The molecule has 0 atom stereocenters. The van der Waals surface area contributed by atoms with Crippen molar-refractivity contribution >= 4 is 0 Å². The van der Waals surface area contributed by atoms with E-state index in [0.717, 1.165) is 12.8 Å². The van der Waals surface area contributed by atoms with Crippen molar-refractivity contribution in [3.05, 3.63) is 23.9 Å². The van der Waals surface area contributed by atoms with Crippen molar-refractivity contribution in [1.82, 2.24) is 5.32 Å². The van der Waals surface area contributed by atoms with Crippen molar-refractivity contribution in [2.24, 2.45) is 0 Å². The predicted molar refractivity (Wildman–Crippen MR) is 34.2 cm³/mol. The van der Waals surface area contributed by atoms with Gasteiger partial charge >= 0.3 is 0 Å². The van der Waals surface area contributed by atoms with E-state index >= 15 is 0 Å². The van der Waals surface area contributed by atoms with Gasteiger partial charge in [-0.15, -0.1) is 6.42 Å². The Balaban J connectivity index is 0.000000640. The normalized spacial score (nSPS) is 15.9. The first-order valence-corrected chi connectivity index (χ1v) is 2.87. The Morgan fingerprint density at radius 1 is 1.67 bits per heavy atom. The minimum Gasteiger partial charge on any atom is -0.407 e. The summed E-state index contributed by atoms with van der Waals surface area (Å²) in [5.41, 5.74) is 1.31. The van der Waals surface area contributed by atoms with E-state index in [1.54, 1.807) is 0 Å². The fraction of sp³-hybridized carbons (Fsp3) is 0.429. The number of hydrogen-bond donors (Lipinski definition) is 1. The molecule has 0 aromatic carbocycles. The Morgan fingerprint density at radius 2 is 2.44 bits per heavy atom. The molecular weight excluding hydrogens is 163 g/mol. The van der Waals surface area contributed by atoms with E-state index in [1.165, 1.54) is 5.70 Å². The summed E-state index contributed by atoms with van der Waals surface area (Å²) in [6.45, 7) is 0. The molecule has 0 radical (unpaired) electrons. The summed E-state index contributed by atoms with van der Waals surface area (Å²) in [5, 5.41) is 3.09. The standard InChI is InChI=1S/C7H10N.Zn/c1-8-7-5-3-2-4-6-7;/h3,5,8H,4,6H2,1H3;/q-1;. The fourth-order valence-electron chi connectivity index (χ4n) is 0.741. The van der Waals surface area contributed by atoms with E-state index in [-0.39, 0.29) is 19.5 Å². The monoisotopic (exact) mass is 172 g/mol. The molecule has 0 aromatic rings. The molecule has 0 saturated carbocycles. The first-order valence-electron chi connectivity index (χ1n) is 2.87. The van der Waals surface area contributed by atoms with E-state index in [9.17, 15) is 0 Å². The average Bonchev–Trinajstić information content (AvgIpc) is 1.90. The largest absolute Gasteiger partial charge is 0.407 e. The molecule has 0 unspecified atom stereocenters. The second kappa shape index (κ2) is 4.75. The van der Waals surface area contributed by atoms with E-state index in [4.69, 9.17) is 0 Å². The smallest absolute Gasteiger partial charge is 0.00150 e. The van der Waals surface area contributed by atoms with E-state index in [2.05, 4.69) is 17.5 Å². The summed E-state index contributed by atoms with van der Waals surface area (Å²) in [6, 6.07) is 0. The minimum absolute atomic E-state index is 0. The zero-order chi connectivity index (χ0) is 5.82. The van der Waals surface area contributed by atoms with E-state index in [1.807, 2.05) is 13.1 Å². The number of hydrogen-bond acceptors (Lipinski definition) is 1. The van der Waals surface area contributed by atoms with Crippen LogP contribution in [0.5, 0.6) is 0 Å². The molecule has 46 valence electrons. The van der Waals surface area contributed by atoms with Gasteiger partial charge in [0.2, 0.25) is 0 Å². The average molecular weight is 174 g/mol. The van der Waals surface area contributed by atoms with Crippen molar-refractivity contribution in [2.75, 3.05) is 7.05 Å². The van der Waals surface area contributed by atoms with Gasteiger partial charge in [-0.25, -0.2) is 6.08 Å². The van der Waals surface area contributed by atoms with Gasteiger partial charge in [-0.05, 0) is 6.42 Å². The molecule has 1 nitrogen and oxygen atoms in total. The molecule has 0 fully saturated rings. The van der Waals surface area contributed by atoms with Gasteiger partial charge in [0.05, 0.1) is 0 Å². The van der Waals surface area contributed by atoms with E-state index < -0.39 is 0 Å². The third-order valence-corrected chi connectivity index (χ3v) is 1.26. The van der Waals surface area contributed by atoms with Crippen LogP contribution in [0, 0.1) is 6.08 Å². The maximum Gasteiger partial charge on any atom is 0.00150 e. The van der Waals surface area contributed by atoms with Gasteiger partial charge in [-0.1, -0.05) is 5.70 Å². The van der Waals surface area contributed by atoms with Crippen LogP contribution in [-0.2, 0) is 19.5 Å². The molecule has 1 aliphatic rings. The molecule has 9 heavy (non-hydrogen) atoms. The molecule has 0 heterocycles. The summed E-state index contributed by atoms with van der Waals surface area (Å²) in [6.07, 6.45) is 9.31. The van der Waals surface area contributed by atoms with Crippen LogP contribution in [0.4, 0.5) is 0 Å². The molecule has 2 heteroatoms. The summed E-state index contributed by atoms with van der Waals surface area (Å²) in [7, 11) is 1.95. The van der Waals surface area contributed by atoms with Crippen molar-refractivity contribution in [1.29, 1.82) is 0 Å². The Kier molecular flexibility index (Phi) is 4.70. The van der Waals surface area contributed by atoms with Crippen LogP contribution in [0.1, 0.15) is 12.8 Å². The second-order valence-electron chi connectivity index (χ2n) is 1.81. The van der Waals surface area contributed by atoms with Crippen LogP contribution >= 0.6 is 0 Å². The Morgan fingerprint density at radius 3 is 2.78 bits per heavy atom. The van der Waals surface area contributed by atoms with Gasteiger partial charge in [0.15, 0.2) is 0 Å². The Bertz CT molecular complexity index is 127. The minimum atomic E-state index is 0. The van der Waals surface area contributed by atoms with Crippen LogP contribution in [-0.4, -0.2) is 7.05 Å². The number of allylic oxidation sites excluding steroid dienone is 4. The predicted octanol–water partition coefficient (Wildman–Crippen LogP) is 1.24. The third-order valence-electron chi connectivity index (χ3n) is 1.26. The van der Waals surface area contributed by atoms with Crippen LogP contribution in [0.15, 0.2) is 17.8 Å². The molecule has 0 amide bonds. The molecule has 0 aliphatic heterocycles. The molecule has 0 aromatic heterocycles. The van der Waals surface area contributed by atoms with Gasteiger partial charge < -0.3 is 5.32 Å². The number of rotatable bonds is 1. The molecule has 1 aliphatic carbocycles. The SMILES string of the molecule is CNC1=CC=[C-]CC1.[Zn]. The first kappa shape index (κ1) is 8.90. The summed E-state index contributed by atoms with van der Waals surface area (Å²) in [5.74, 6) is 0. The first-order chi connectivity index (χ1) is 3.93. The molecule has 1 rings (SSSR count). The zero-order valence-electron chi connectivity index (χ0n) is 5.78. The van der Waals surface area contributed by atoms with Gasteiger partial charge in [-0.2, -0.15) is 6.08 Å². The Hall–Kier alpha value is -0.0966. The maximum absolute atomic E-state index is 3.11. The van der Waals surface area contributed by atoms with Gasteiger partial charge in [0, 0.05) is 26.5 Å². The van der Waals surface area contributed by atoms with Crippen molar-refractivity contribution in [3.8, 4) is 0 Å². The van der Waals surface area contributed by atoms with Crippen LogP contribution in [0.25, 0.3) is 0 Å². The maximum atomic E-state index is 3.11. The molecule has 0 saturated heterocycles. The summed E-state index contributed by atoms with van der Waals surface area (Å²) >= 11 is 0. The van der Waals surface area contributed by atoms with Gasteiger partial charge in [0.25, 0.3) is 0 Å². The fourth-order valence-corrected chi connectivity index (χ4v) is 0.741. The Labute approximate surface area is 69.0 Å². The van der Waals surface area contributed by atoms with Crippen molar-refractivity contribution in [3.63, 3.8) is 0 Å². The number of nitrogens with one attached hydrogen (secondary N) is 1. The molecule has 0 spiro atoms. The van der Waals surface area contributed by atoms with Gasteiger partial charge in [0.1, 0.15) is 0 Å². The second-order valence-corrected chi connectivity index (χ2v) is 1.81.